The predicted octanol–water partition coefficient (Wildman–Crippen LogP) is 1.81. The van der Waals surface area contributed by atoms with Crippen molar-refractivity contribution in [2.75, 3.05) is 0 Å². The first kappa shape index (κ1) is 8.63. The lowest BCUT2D eigenvalue weighted by Crippen LogP contribution is -2.23. The minimum absolute atomic E-state index is 0.402. The third-order valence-corrected chi connectivity index (χ3v) is 2.39. The molecule has 1 N–H and O–H groups in total. The van der Waals surface area contributed by atoms with Crippen molar-refractivity contribution in [2.24, 2.45) is 0 Å². The van der Waals surface area contributed by atoms with Crippen molar-refractivity contribution in [3.05, 3.63) is 34.9 Å². The maximum Gasteiger partial charge on any atom is 0.159 e. The Morgan fingerprint density at radius 3 is 1.92 bits per heavy atom. The Bertz CT molecular complexity index is 325. The molecule has 1 aromatic rings. The van der Waals surface area contributed by atoms with Gasteiger partial charge in [0.15, 0.2) is 11.6 Å². The zero-order chi connectivity index (χ0) is 9.64. The van der Waals surface area contributed by atoms with Gasteiger partial charge in [-0.3, -0.25) is 0 Å². The highest BCUT2D eigenvalue weighted by Crippen LogP contribution is 2.30. The van der Waals surface area contributed by atoms with Crippen LogP contribution in [-0.2, 0) is 12.8 Å². The average Bonchev–Trinajstić information content (AvgIpc) is 2.24. The van der Waals surface area contributed by atoms with Crippen LogP contribution < -0.4 is 0 Å². The van der Waals surface area contributed by atoms with E-state index in [1.54, 1.807) is 6.92 Å². The quantitative estimate of drug-likeness (QED) is 0.652. The molecule has 0 atom stereocenters. The molecule has 0 bridgehead atoms. The van der Waals surface area contributed by atoms with E-state index in [1.165, 1.54) is 12.1 Å². The molecule has 0 spiro atoms. The second-order valence-corrected chi connectivity index (χ2v) is 3.89. The highest BCUT2D eigenvalue weighted by molar-refractivity contribution is 5.35. The van der Waals surface area contributed by atoms with Gasteiger partial charge in [0.05, 0.1) is 5.60 Å². The molecule has 0 radical (unpaired) electrons. The molecular weight excluding hydrogens is 174 g/mol. The zero-order valence-corrected chi connectivity index (χ0v) is 7.27. The molecule has 1 nitrogen and oxygen atoms in total. The first-order chi connectivity index (χ1) is 5.98. The van der Waals surface area contributed by atoms with Crippen LogP contribution in [0.5, 0.6) is 0 Å². The summed E-state index contributed by atoms with van der Waals surface area (Å²) in [5.74, 6) is -1.67. The van der Waals surface area contributed by atoms with E-state index in [0.29, 0.717) is 24.0 Å². The molecule has 3 heteroatoms. The van der Waals surface area contributed by atoms with E-state index >= 15 is 0 Å². The van der Waals surface area contributed by atoms with Gasteiger partial charge in [-0.2, -0.15) is 0 Å². The minimum atomic E-state index is -0.845. The Kier molecular flexibility index (Phi) is 1.67. The number of benzene rings is 1. The van der Waals surface area contributed by atoms with Crippen LogP contribution in [0.3, 0.4) is 0 Å². The van der Waals surface area contributed by atoms with Gasteiger partial charge >= 0.3 is 0 Å². The second kappa shape index (κ2) is 2.51. The van der Waals surface area contributed by atoms with Gasteiger partial charge in [0, 0.05) is 12.8 Å². The number of halogens is 2. The predicted molar refractivity (Wildman–Crippen MR) is 44.4 cm³/mol. The highest BCUT2D eigenvalue weighted by atomic mass is 19.2. The average molecular weight is 184 g/mol. The summed E-state index contributed by atoms with van der Waals surface area (Å²) < 4.78 is 25.5. The van der Waals surface area contributed by atoms with E-state index < -0.39 is 17.2 Å². The molecule has 0 saturated heterocycles. The number of hydrogen-bond acceptors (Lipinski definition) is 1. The molecule has 70 valence electrons. The SMILES string of the molecule is CC1(O)Cc2cc(F)c(F)cc2C1. The van der Waals surface area contributed by atoms with Crippen LogP contribution in [0.1, 0.15) is 18.1 Å². The van der Waals surface area contributed by atoms with Crippen LogP contribution in [0.25, 0.3) is 0 Å². The molecule has 2 rings (SSSR count). The standard InChI is InChI=1S/C10H10F2O/c1-10(13)4-6-2-8(11)9(12)3-7(6)5-10/h2-3,13H,4-5H2,1H3. The Morgan fingerprint density at radius 1 is 1.15 bits per heavy atom. The lowest BCUT2D eigenvalue weighted by atomic mass is 10.0. The molecule has 0 saturated carbocycles. The largest absolute Gasteiger partial charge is 0.389 e. The van der Waals surface area contributed by atoms with Crippen molar-refractivity contribution in [3.8, 4) is 0 Å². The minimum Gasteiger partial charge on any atom is -0.389 e. The Hall–Kier alpha value is -0.960. The second-order valence-electron chi connectivity index (χ2n) is 3.89. The first-order valence-corrected chi connectivity index (χ1v) is 4.17. The Morgan fingerprint density at radius 2 is 1.54 bits per heavy atom. The van der Waals surface area contributed by atoms with Crippen LogP contribution in [0.4, 0.5) is 8.78 Å². The van der Waals surface area contributed by atoms with Gasteiger partial charge in [0.25, 0.3) is 0 Å². The van der Waals surface area contributed by atoms with Gasteiger partial charge in [0.1, 0.15) is 0 Å². The molecule has 0 fully saturated rings. The molecule has 1 aliphatic rings. The number of rotatable bonds is 0. The third-order valence-electron chi connectivity index (χ3n) is 2.39. The summed E-state index contributed by atoms with van der Waals surface area (Å²) in [6, 6.07) is 2.35. The smallest absolute Gasteiger partial charge is 0.159 e. The van der Waals surface area contributed by atoms with Gasteiger partial charge in [0.2, 0.25) is 0 Å². The molecule has 1 aliphatic carbocycles. The molecule has 0 unspecified atom stereocenters. The molecule has 13 heavy (non-hydrogen) atoms. The fourth-order valence-corrected chi connectivity index (χ4v) is 1.84. The Labute approximate surface area is 75.0 Å². The summed E-state index contributed by atoms with van der Waals surface area (Å²) in [7, 11) is 0. The number of fused-ring (bicyclic) bond motifs is 1. The molecule has 0 amide bonds. The van der Waals surface area contributed by atoms with Gasteiger partial charge in [-0.05, 0) is 30.2 Å². The fourth-order valence-electron chi connectivity index (χ4n) is 1.84. The highest BCUT2D eigenvalue weighted by Gasteiger charge is 2.31. The molecular formula is C10H10F2O. The number of hydrogen-bond donors (Lipinski definition) is 1. The van der Waals surface area contributed by atoms with Crippen LogP contribution >= 0.6 is 0 Å². The summed E-state index contributed by atoms with van der Waals surface area (Å²) in [4.78, 5) is 0. The maximum absolute atomic E-state index is 12.8. The van der Waals surface area contributed by atoms with Crippen molar-refractivity contribution < 1.29 is 13.9 Å². The van der Waals surface area contributed by atoms with E-state index in [1.807, 2.05) is 0 Å². The number of aliphatic hydroxyl groups is 1. The van der Waals surface area contributed by atoms with Gasteiger partial charge in [-0.25, -0.2) is 8.78 Å². The maximum atomic E-state index is 12.8. The van der Waals surface area contributed by atoms with Crippen molar-refractivity contribution in [1.82, 2.24) is 0 Å². The summed E-state index contributed by atoms with van der Waals surface area (Å²) in [5, 5.41) is 9.65. The van der Waals surface area contributed by atoms with Crippen molar-refractivity contribution >= 4 is 0 Å². The van der Waals surface area contributed by atoms with Gasteiger partial charge in [-0.15, -0.1) is 0 Å². The topological polar surface area (TPSA) is 20.2 Å². The Balaban J connectivity index is 2.48. The summed E-state index contributed by atoms with van der Waals surface area (Å²) >= 11 is 0. The molecule has 0 aromatic heterocycles. The van der Waals surface area contributed by atoms with Gasteiger partial charge in [-0.1, -0.05) is 0 Å². The summed E-state index contributed by atoms with van der Waals surface area (Å²) in [6.07, 6.45) is 0.805. The van der Waals surface area contributed by atoms with E-state index in [4.69, 9.17) is 0 Å². The molecule has 1 aromatic carbocycles. The van der Waals surface area contributed by atoms with E-state index in [-0.39, 0.29) is 0 Å². The fraction of sp³-hybridized carbons (Fsp3) is 0.400. The van der Waals surface area contributed by atoms with Crippen molar-refractivity contribution in [3.63, 3.8) is 0 Å². The zero-order valence-electron chi connectivity index (χ0n) is 7.27. The molecule has 0 heterocycles. The van der Waals surface area contributed by atoms with Crippen molar-refractivity contribution in [2.45, 2.75) is 25.4 Å². The van der Waals surface area contributed by atoms with Crippen LogP contribution in [0, 0.1) is 11.6 Å². The van der Waals surface area contributed by atoms with Crippen molar-refractivity contribution in [1.29, 1.82) is 0 Å². The first-order valence-electron chi connectivity index (χ1n) is 4.17. The summed E-state index contributed by atoms with van der Waals surface area (Å²) in [6.45, 7) is 1.67. The lowest BCUT2D eigenvalue weighted by molar-refractivity contribution is 0.0718. The van der Waals surface area contributed by atoms with Crippen LogP contribution in [-0.4, -0.2) is 10.7 Å². The lowest BCUT2D eigenvalue weighted by Gasteiger charge is -2.13. The normalized spacial score (nSPS) is 18.8. The van der Waals surface area contributed by atoms with E-state index in [0.717, 1.165) is 0 Å². The summed E-state index contributed by atoms with van der Waals surface area (Å²) in [5.41, 5.74) is 0.579. The van der Waals surface area contributed by atoms with E-state index in [2.05, 4.69) is 0 Å². The van der Waals surface area contributed by atoms with Gasteiger partial charge < -0.3 is 5.11 Å². The third kappa shape index (κ3) is 1.44. The monoisotopic (exact) mass is 184 g/mol. The van der Waals surface area contributed by atoms with Crippen LogP contribution in [0.15, 0.2) is 12.1 Å². The molecule has 0 aliphatic heterocycles. The van der Waals surface area contributed by atoms with E-state index in [9.17, 15) is 13.9 Å². The van der Waals surface area contributed by atoms with Crippen LogP contribution in [0.2, 0.25) is 0 Å².